The Labute approximate surface area is 98.4 Å². The van der Waals surface area contributed by atoms with Gasteiger partial charge in [-0.3, -0.25) is 4.68 Å². The topological polar surface area (TPSA) is 21.1 Å². The summed E-state index contributed by atoms with van der Waals surface area (Å²) in [5.74, 6) is 0.545. The van der Waals surface area contributed by atoms with E-state index in [0.29, 0.717) is 5.92 Å². The molecule has 0 saturated heterocycles. The minimum absolute atomic E-state index is 0.174. The second-order valence-corrected chi connectivity index (χ2v) is 6.05. The Kier molecular flexibility index (Phi) is 2.61. The van der Waals surface area contributed by atoms with Crippen LogP contribution in [0, 0.1) is 0 Å². The Morgan fingerprint density at radius 2 is 1.88 bits per heavy atom. The van der Waals surface area contributed by atoms with Crippen LogP contribution in [0.2, 0.25) is 0 Å². The number of aromatic nitrogens is 2. The Balaban J connectivity index is 2.59. The highest BCUT2D eigenvalue weighted by atomic mass is 15.3. The van der Waals surface area contributed by atoms with E-state index in [9.17, 15) is 0 Å². The standard InChI is InChI=1S/C13H23N3/c1-9(2)11-10-7-15(5)8-13(3,4)12(10)14-16(11)6/h9H,7-8H2,1-6H3. The van der Waals surface area contributed by atoms with Gasteiger partial charge >= 0.3 is 0 Å². The van der Waals surface area contributed by atoms with Crippen LogP contribution in [0.15, 0.2) is 0 Å². The molecule has 1 aromatic heterocycles. The minimum Gasteiger partial charge on any atom is -0.301 e. The molecule has 3 heteroatoms. The second-order valence-electron chi connectivity index (χ2n) is 6.05. The largest absolute Gasteiger partial charge is 0.301 e. The van der Waals surface area contributed by atoms with Gasteiger partial charge in [-0.25, -0.2) is 0 Å². The van der Waals surface area contributed by atoms with Gasteiger partial charge in [0.1, 0.15) is 0 Å². The van der Waals surface area contributed by atoms with E-state index >= 15 is 0 Å². The second kappa shape index (κ2) is 3.59. The summed E-state index contributed by atoms with van der Waals surface area (Å²) in [6, 6.07) is 0. The van der Waals surface area contributed by atoms with Crippen LogP contribution in [-0.2, 0) is 19.0 Å². The highest BCUT2D eigenvalue weighted by molar-refractivity contribution is 5.35. The fourth-order valence-electron chi connectivity index (χ4n) is 3.08. The lowest BCUT2D eigenvalue weighted by Crippen LogP contribution is -2.40. The third kappa shape index (κ3) is 1.67. The van der Waals surface area contributed by atoms with Crippen molar-refractivity contribution in [1.82, 2.24) is 14.7 Å². The van der Waals surface area contributed by atoms with Crippen LogP contribution in [0.1, 0.15) is 50.6 Å². The molecule has 0 bridgehead atoms. The number of hydrogen-bond acceptors (Lipinski definition) is 2. The van der Waals surface area contributed by atoms with Gasteiger partial charge in [0.2, 0.25) is 0 Å². The number of likely N-dealkylation sites (N-methyl/N-ethyl adjacent to an activating group) is 1. The van der Waals surface area contributed by atoms with Crippen molar-refractivity contribution in [3.8, 4) is 0 Å². The predicted molar refractivity (Wildman–Crippen MR) is 66.7 cm³/mol. The maximum atomic E-state index is 4.75. The van der Waals surface area contributed by atoms with Crippen LogP contribution in [0.25, 0.3) is 0 Å². The van der Waals surface area contributed by atoms with Gasteiger partial charge in [0, 0.05) is 36.8 Å². The summed E-state index contributed by atoms with van der Waals surface area (Å²) < 4.78 is 2.08. The third-order valence-electron chi connectivity index (χ3n) is 3.47. The van der Waals surface area contributed by atoms with Gasteiger partial charge in [-0.05, 0) is 13.0 Å². The Bertz CT molecular complexity index is 402. The molecule has 16 heavy (non-hydrogen) atoms. The average Bonchev–Trinajstić information content (AvgIpc) is 2.40. The highest BCUT2D eigenvalue weighted by Gasteiger charge is 2.35. The maximum absolute atomic E-state index is 4.75. The molecule has 0 saturated carbocycles. The van der Waals surface area contributed by atoms with Gasteiger partial charge in [0.25, 0.3) is 0 Å². The molecule has 0 fully saturated rings. The van der Waals surface area contributed by atoms with Gasteiger partial charge in [0.15, 0.2) is 0 Å². The molecular weight excluding hydrogens is 198 g/mol. The SMILES string of the molecule is CC(C)c1c2c(nn1C)C(C)(C)CN(C)C2. The van der Waals surface area contributed by atoms with E-state index in [-0.39, 0.29) is 5.41 Å². The van der Waals surface area contributed by atoms with Gasteiger partial charge in [-0.2, -0.15) is 5.10 Å². The summed E-state index contributed by atoms with van der Waals surface area (Å²) in [5.41, 5.74) is 4.33. The van der Waals surface area contributed by atoms with Crippen molar-refractivity contribution in [3.63, 3.8) is 0 Å². The van der Waals surface area contributed by atoms with Crippen molar-refractivity contribution in [1.29, 1.82) is 0 Å². The quantitative estimate of drug-likeness (QED) is 0.725. The van der Waals surface area contributed by atoms with Crippen LogP contribution < -0.4 is 0 Å². The Morgan fingerprint density at radius 3 is 2.44 bits per heavy atom. The highest BCUT2D eigenvalue weighted by Crippen LogP contribution is 2.35. The van der Waals surface area contributed by atoms with Gasteiger partial charge in [-0.1, -0.05) is 27.7 Å². The average molecular weight is 221 g/mol. The van der Waals surface area contributed by atoms with Crippen molar-refractivity contribution < 1.29 is 0 Å². The molecule has 1 aromatic rings. The molecule has 1 aliphatic rings. The van der Waals surface area contributed by atoms with E-state index in [1.807, 2.05) is 0 Å². The first-order chi connectivity index (χ1) is 7.33. The fourth-order valence-corrected chi connectivity index (χ4v) is 3.08. The van der Waals surface area contributed by atoms with E-state index < -0.39 is 0 Å². The first-order valence-electron chi connectivity index (χ1n) is 6.07. The predicted octanol–water partition coefficient (Wildman–Crippen LogP) is 2.27. The monoisotopic (exact) mass is 221 g/mol. The molecule has 0 atom stereocenters. The van der Waals surface area contributed by atoms with Crippen molar-refractivity contribution in [2.75, 3.05) is 13.6 Å². The first-order valence-corrected chi connectivity index (χ1v) is 6.07. The van der Waals surface area contributed by atoms with Crippen LogP contribution in [0.3, 0.4) is 0 Å². The van der Waals surface area contributed by atoms with Gasteiger partial charge in [0.05, 0.1) is 5.69 Å². The zero-order valence-electron chi connectivity index (χ0n) is 11.3. The lowest BCUT2D eigenvalue weighted by molar-refractivity contribution is 0.231. The molecule has 1 aliphatic heterocycles. The summed E-state index contributed by atoms with van der Waals surface area (Å²) in [4.78, 5) is 2.40. The lowest BCUT2D eigenvalue weighted by atomic mass is 9.82. The molecule has 0 aromatic carbocycles. The normalized spacial score (nSPS) is 20.2. The fraction of sp³-hybridized carbons (Fsp3) is 0.769. The van der Waals surface area contributed by atoms with Crippen LogP contribution in [0.5, 0.6) is 0 Å². The number of aryl methyl sites for hydroxylation is 1. The molecule has 0 spiro atoms. The van der Waals surface area contributed by atoms with Crippen LogP contribution in [-0.4, -0.2) is 28.3 Å². The minimum atomic E-state index is 0.174. The van der Waals surface area contributed by atoms with Gasteiger partial charge in [-0.15, -0.1) is 0 Å². The molecule has 3 nitrogen and oxygen atoms in total. The first kappa shape index (κ1) is 11.6. The van der Waals surface area contributed by atoms with E-state index in [2.05, 4.69) is 51.4 Å². The van der Waals surface area contributed by atoms with E-state index in [1.165, 1.54) is 17.0 Å². The Hall–Kier alpha value is -0.830. The molecule has 0 radical (unpaired) electrons. The summed E-state index contributed by atoms with van der Waals surface area (Å²) in [6.45, 7) is 11.2. The van der Waals surface area contributed by atoms with Crippen LogP contribution in [0.4, 0.5) is 0 Å². The summed E-state index contributed by atoms with van der Waals surface area (Å²) in [7, 11) is 4.27. The Morgan fingerprint density at radius 1 is 1.25 bits per heavy atom. The summed E-state index contributed by atoms with van der Waals surface area (Å²) in [6.07, 6.45) is 0. The molecule has 0 aliphatic carbocycles. The molecule has 2 rings (SSSR count). The van der Waals surface area contributed by atoms with Gasteiger partial charge < -0.3 is 4.90 Å². The summed E-state index contributed by atoms with van der Waals surface area (Å²) >= 11 is 0. The molecular formula is C13H23N3. The maximum Gasteiger partial charge on any atom is 0.0741 e. The van der Waals surface area contributed by atoms with E-state index in [1.54, 1.807) is 0 Å². The van der Waals surface area contributed by atoms with Crippen molar-refractivity contribution in [2.24, 2.45) is 7.05 Å². The number of nitrogens with zero attached hydrogens (tertiary/aromatic N) is 3. The molecule has 0 N–H and O–H groups in total. The van der Waals surface area contributed by atoms with Crippen LogP contribution >= 0.6 is 0 Å². The van der Waals surface area contributed by atoms with Crippen molar-refractivity contribution >= 4 is 0 Å². The third-order valence-corrected chi connectivity index (χ3v) is 3.47. The molecule has 2 heterocycles. The lowest BCUT2D eigenvalue weighted by Gasteiger charge is -2.35. The molecule has 90 valence electrons. The number of fused-ring (bicyclic) bond motifs is 1. The zero-order valence-corrected chi connectivity index (χ0v) is 11.3. The molecule has 0 amide bonds. The van der Waals surface area contributed by atoms with E-state index in [0.717, 1.165) is 13.1 Å². The van der Waals surface area contributed by atoms with Crippen molar-refractivity contribution in [2.45, 2.75) is 45.6 Å². The molecule has 0 unspecified atom stereocenters. The zero-order chi connectivity index (χ0) is 12.1. The summed E-state index contributed by atoms with van der Waals surface area (Å²) in [5, 5.41) is 4.75. The number of rotatable bonds is 1. The smallest absolute Gasteiger partial charge is 0.0741 e. The number of hydrogen-bond donors (Lipinski definition) is 0. The van der Waals surface area contributed by atoms with E-state index in [4.69, 9.17) is 5.10 Å². The van der Waals surface area contributed by atoms with Crippen molar-refractivity contribution in [3.05, 3.63) is 17.0 Å².